The van der Waals surface area contributed by atoms with Crippen LogP contribution in [0.3, 0.4) is 0 Å². The summed E-state index contributed by atoms with van der Waals surface area (Å²) in [6.07, 6.45) is 4.18. The molecule has 2 aromatic heterocycles. The Morgan fingerprint density at radius 1 is 1.32 bits per heavy atom. The SMILES string of the molecule is O=C(Nc1cccc(C#CCO)n1)c1cncnc1. The molecule has 94 valence electrons. The van der Waals surface area contributed by atoms with Crippen molar-refractivity contribution in [1.29, 1.82) is 0 Å². The molecule has 6 nitrogen and oxygen atoms in total. The number of aliphatic hydroxyl groups is 1. The predicted octanol–water partition coefficient (Wildman–Crippen LogP) is 0.468. The number of carbonyl (C=O) groups is 1. The van der Waals surface area contributed by atoms with Gasteiger partial charge in [-0.15, -0.1) is 0 Å². The molecule has 0 unspecified atom stereocenters. The molecule has 0 aliphatic carbocycles. The van der Waals surface area contributed by atoms with Crippen LogP contribution < -0.4 is 5.32 Å². The molecule has 0 saturated carbocycles. The van der Waals surface area contributed by atoms with E-state index in [1.165, 1.54) is 18.7 Å². The van der Waals surface area contributed by atoms with Crippen molar-refractivity contribution in [3.05, 3.63) is 48.2 Å². The molecule has 0 bridgehead atoms. The van der Waals surface area contributed by atoms with E-state index >= 15 is 0 Å². The quantitative estimate of drug-likeness (QED) is 0.760. The molecule has 2 heterocycles. The Kier molecular flexibility index (Phi) is 4.16. The average Bonchev–Trinajstić information content (AvgIpc) is 2.46. The number of aliphatic hydroxyl groups excluding tert-OH is 1. The van der Waals surface area contributed by atoms with Gasteiger partial charge in [0.1, 0.15) is 24.4 Å². The molecule has 1 amide bonds. The highest BCUT2D eigenvalue weighted by Crippen LogP contribution is 2.06. The summed E-state index contributed by atoms with van der Waals surface area (Å²) in [6, 6.07) is 5.04. The van der Waals surface area contributed by atoms with Crippen molar-refractivity contribution >= 4 is 11.7 Å². The standard InChI is InChI=1S/C13H10N4O2/c18-6-2-4-11-3-1-5-12(16-11)17-13(19)10-7-14-9-15-8-10/h1,3,5,7-9,18H,6H2,(H,16,17,19). The van der Waals surface area contributed by atoms with Gasteiger partial charge in [-0.05, 0) is 18.1 Å². The third-order valence-corrected chi connectivity index (χ3v) is 2.11. The number of anilines is 1. The summed E-state index contributed by atoms with van der Waals surface area (Å²) < 4.78 is 0. The van der Waals surface area contributed by atoms with Gasteiger partial charge in [0.15, 0.2) is 0 Å². The summed E-state index contributed by atoms with van der Waals surface area (Å²) in [7, 11) is 0. The van der Waals surface area contributed by atoms with Gasteiger partial charge in [0, 0.05) is 12.4 Å². The molecule has 0 aliphatic heterocycles. The second-order valence-corrected chi connectivity index (χ2v) is 3.45. The second kappa shape index (κ2) is 6.23. The zero-order valence-electron chi connectivity index (χ0n) is 9.87. The van der Waals surface area contributed by atoms with Gasteiger partial charge >= 0.3 is 0 Å². The van der Waals surface area contributed by atoms with Crippen LogP contribution in [0.25, 0.3) is 0 Å². The number of hydrogen-bond donors (Lipinski definition) is 2. The smallest absolute Gasteiger partial charge is 0.259 e. The maximum Gasteiger partial charge on any atom is 0.259 e. The molecular weight excluding hydrogens is 244 g/mol. The first-order valence-corrected chi connectivity index (χ1v) is 5.43. The lowest BCUT2D eigenvalue weighted by Gasteiger charge is -2.03. The minimum absolute atomic E-state index is 0.236. The highest BCUT2D eigenvalue weighted by molar-refractivity contribution is 6.03. The van der Waals surface area contributed by atoms with Crippen LogP contribution in [0.4, 0.5) is 5.82 Å². The fourth-order valence-electron chi connectivity index (χ4n) is 1.31. The molecular formula is C13H10N4O2. The normalized spacial score (nSPS) is 9.32. The molecule has 0 radical (unpaired) electrons. The summed E-state index contributed by atoms with van der Waals surface area (Å²) in [5.74, 6) is 5.17. The van der Waals surface area contributed by atoms with Gasteiger partial charge in [-0.3, -0.25) is 4.79 Å². The summed E-state index contributed by atoms with van der Waals surface area (Å²) in [5.41, 5.74) is 0.812. The molecule has 0 fully saturated rings. The van der Waals surface area contributed by atoms with Crippen LogP contribution in [-0.2, 0) is 0 Å². The van der Waals surface area contributed by atoms with Gasteiger partial charge in [0.05, 0.1) is 5.56 Å². The number of hydrogen-bond acceptors (Lipinski definition) is 5. The fraction of sp³-hybridized carbons (Fsp3) is 0.0769. The predicted molar refractivity (Wildman–Crippen MR) is 68.2 cm³/mol. The Labute approximate surface area is 109 Å². The largest absolute Gasteiger partial charge is 0.384 e. The van der Waals surface area contributed by atoms with Crippen molar-refractivity contribution in [2.45, 2.75) is 0 Å². The summed E-state index contributed by atoms with van der Waals surface area (Å²) in [5, 5.41) is 11.2. The fourth-order valence-corrected chi connectivity index (χ4v) is 1.31. The maximum absolute atomic E-state index is 11.8. The van der Waals surface area contributed by atoms with E-state index in [2.05, 4.69) is 32.1 Å². The number of carbonyl (C=O) groups excluding carboxylic acids is 1. The highest BCUT2D eigenvalue weighted by Gasteiger charge is 2.06. The van der Waals surface area contributed by atoms with Gasteiger partial charge in [-0.1, -0.05) is 12.0 Å². The first-order chi connectivity index (χ1) is 9.29. The van der Waals surface area contributed by atoms with Crippen LogP contribution in [0.2, 0.25) is 0 Å². The molecule has 0 atom stereocenters. The second-order valence-electron chi connectivity index (χ2n) is 3.45. The van der Waals surface area contributed by atoms with E-state index in [9.17, 15) is 4.79 Å². The van der Waals surface area contributed by atoms with E-state index in [1.807, 2.05) is 0 Å². The molecule has 0 aromatic carbocycles. The highest BCUT2D eigenvalue weighted by atomic mass is 16.2. The minimum Gasteiger partial charge on any atom is -0.384 e. The average molecular weight is 254 g/mol. The van der Waals surface area contributed by atoms with Crippen molar-refractivity contribution in [3.63, 3.8) is 0 Å². The number of pyridine rings is 1. The van der Waals surface area contributed by atoms with Crippen LogP contribution in [0.1, 0.15) is 16.1 Å². The Balaban J connectivity index is 2.13. The van der Waals surface area contributed by atoms with E-state index in [-0.39, 0.29) is 12.5 Å². The lowest BCUT2D eigenvalue weighted by molar-refractivity contribution is 0.102. The van der Waals surface area contributed by atoms with Gasteiger partial charge < -0.3 is 10.4 Å². The number of aromatic nitrogens is 3. The zero-order valence-corrected chi connectivity index (χ0v) is 9.87. The molecule has 0 aliphatic rings. The topological polar surface area (TPSA) is 88.0 Å². The summed E-state index contributed by atoms with van der Waals surface area (Å²) in [6.45, 7) is -0.236. The lowest BCUT2D eigenvalue weighted by Crippen LogP contribution is -2.13. The molecule has 2 aromatic rings. The van der Waals surface area contributed by atoms with Gasteiger partial charge in [0.25, 0.3) is 5.91 Å². The molecule has 0 spiro atoms. The third kappa shape index (κ3) is 3.59. The minimum atomic E-state index is -0.347. The van der Waals surface area contributed by atoms with E-state index in [0.717, 1.165) is 0 Å². The molecule has 2 N–H and O–H groups in total. The van der Waals surface area contributed by atoms with Gasteiger partial charge in [-0.2, -0.15) is 0 Å². The van der Waals surface area contributed by atoms with Crippen LogP contribution in [0.15, 0.2) is 36.9 Å². The number of nitrogens with one attached hydrogen (secondary N) is 1. The van der Waals surface area contributed by atoms with E-state index < -0.39 is 0 Å². The first kappa shape index (κ1) is 12.7. The Morgan fingerprint density at radius 3 is 2.84 bits per heavy atom. The Morgan fingerprint density at radius 2 is 2.11 bits per heavy atom. The van der Waals surface area contributed by atoms with Crippen LogP contribution in [-0.4, -0.2) is 32.6 Å². The van der Waals surface area contributed by atoms with Crippen molar-refractivity contribution in [2.75, 3.05) is 11.9 Å². The van der Waals surface area contributed by atoms with E-state index in [4.69, 9.17) is 5.11 Å². The van der Waals surface area contributed by atoms with Crippen molar-refractivity contribution in [3.8, 4) is 11.8 Å². The van der Waals surface area contributed by atoms with Crippen molar-refractivity contribution in [1.82, 2.24) is 15.0 Å². The van der Waals surface area contributed by atoms with Gasteiger partial charge in [0.2, 0.25) is 0 Å². The number of nitrogens with zero attached hydrogens (tertiary/aromatic N) is 3. The number of rotatable bonds is 2. The van der Waals surface area contributed by atoms with Crippen molar-refractivity contribution < 1.29 is 9.90 Å². The maximum atomic E-state index is 11.8. The molecule has 2 rings (SSSR count). The van der Waals surface area contributed by atoms with Crippen LogP contribution in [0, 0.1) is 11.8 Å². The third-order valence-electron chi connectivity index (χ3n) is 2.11. The van der Waals surface area contributed by atoms with Crippen LogP contribution >= 0.6 is 0 Å². The van der Waals surface area contributed by atoms with Gasteiger partial charge in [-0.25, -0.2) is 15.0 Å². The Bertz CT molecular complexity index is 632. The summed E-state index contributed by atoms with van der Waals surface area (Å²) >= 11 is 0. The van der Waals surface area contributed by atoms with E-state index in [1.54, 1.807) is 18.2 Å². The summed E-state index contributed by atoms with van der Waals surface area (Å²) in [4.78, 5) is 23.5. The molecule has 19 heavy (non-hydrogen) atoms. The van der Waals surface area contributed by atoms with Crippen molar-refractivity contribution in [2.24, 2.45) is 0 Å². The van der Waals surface area contributed by atoms with Crippen LogP contribution in [0.5, 0.6) is 0 Å². The molecule has 6 heteroatoms. The zero-order chi connectivity index (χ0) is 13.5. The van der Waals surface area contributed by atoms with E-state index in [0.29, 0.717) is 17.1 Å². The monoisotopic (exact) mass is 254 g/mol. The number of amides is 1. The first-order valence-electron chi connectivity index (χ1n) is 5.43. The molecule has 0 saturated heterocycles. The lowest BCUT2D eigenvalue weighted by atomic mass is 10.3. The Hall–Kier alpha value is -2.78.